The molecular formula is C29H31N3O3. The first-order chi connectivity index (χ1) is 16.8. The minimum Gasteiger partial charge on any atom is -0.480 e. The summed E-state index contributed by atoms with van der Waals surface area (Å²) in [6.07, 6.45) is 8.58. The predicted octanol–water partition coefficient (Wildman–Crippen LogP) is 5.92. The Morgan fingerprint density at radius 1 is 1.03 bits per heavy atom. The van der Waals surface area contributed by atoms with Crippen LogP contribution in [0.15, 0.2) is 71.9 Å². The van der Waals surface area contributed by atoms with Crippen LogP contribution < -0.4 is 0 Å². The Hall–Kier alpha value is -3.64. The number of carbonyl (C=O) groups is 1. The van der Waals surface area contributed by atoms with Gasteiger partial charge in [0, 0.05) is 23.5 Å². The van der Waals surface area contributed by atoms with Crippen molar-refractivity contribution in [3.05, 3.63) is 83.8 Å². The maximum absolute atomic E-state index is 11.6. The first-order valence-corrected chi connectivity index (χ1v) is 11.9. The summed E-state index contributed by atoms with van der Waals surface area (Å²) >= 11 is 0. The van der Waals surface area contributed by atoms with Crippen LogP contribution >= 0.6 is 0 Å². The molecule has 0 radical (unpaired) electrons. The van der Waals surface area contributed by atoms with Crippen LogP contribution in [0.3, 0.4) is 0 Å². The SMILES string of the molecule is CCCC(OCC(=O)O)(c1ncc(-c2ccc(C)cc2)c(-c2ccc(C)cc2)n1)C1(C)C=CC=N1. The molecule has 180 valence electrons. The van der Waals surface area contributed by atoms with E-state index in [2.05, 4.69) is 48.3 Å². The van der Waals surface area contributed by atoms with Gasteiger partial charge >= 0.3 is 5.97 Å². The van der Waals surface area contributed by atoms with Crippen molar-refractivity contribution in [3.63, 3.8) is 0 Å². The molecule has 0 fully saturated rings. The van der Waals surface area contributed by atoms with Gasteiger partial charge in [-0.2, -0.15) is 0 Å². The lowest BCUT2D eigenvalue weighted by Gasteiger charge is -2.42. The molecule has 3 aromatic rings. The van der Waals surface area contributed by atoms with Crippen molar-refractivity contribution in [3.8, 4) is 22.4 Å². The highest BCUT2D eigenvalue weighted by Gasteiger charge is 2.52. The monoisotopic (exact) mass is 469 g/mol. The molecule has 0 amide bonds. The zero-order chi connectivity index (χ0) is 25.1. The zero-order valence-electron chi connectivity index (χ0n) is 20.7. The molecule has 0 saturated heterocycles. The summed E-state index contributed by atoms with van der Waals surface area (Å²) in [5.41, 5.74) is 3.98. The lowest BCUT2D eigenvalue weighted by molar-refractivity contribution is -0.157. The molecular weight excluding hydrogens is 438 g/mol. The number of aryl methyl sites for hydroxylation is 2. The highest BCUT2D eigenvalue weighted by molar-refractivity contribution is 5.80. The Bertz CT molecular complexity index is 1250. The van der Waals surface area contributed by atoms with E-state index in [9.17, 15) is 9.90 Å². The number of benzene rings is 2. The fraction of sp³-hybridized carbons (Fsp3) is 0.310. The van der Waals surface area contributed by atoms with Crippen LogP contribution in [-0.2, 0) is 15.1 Å². The second kappa shape index (κ2) is 9.92. The largest absolute Gasteiger partial charge is 0.480 e. The number of allylic oxidation sites excluding steroid dienone is 1. The van der Waals surface area contributed by atoms with Crippen molar-refractivity contribution >= 4 is 12.2 Å². The van der Waals surface area contributed by atoms with Crippen LogP contribution in [0.2, 0.25) is 0 Å². The van der Waals surface area contributed by atoms with Gasteiger partial charge in [0.2, 0.25) is 0 Å². The number of aromatic nitrogens is 2. The predicted molar refractivity (Wildman–Crippen MR) is 139 cm³/mol. The Balaban J connectivity index is 1.96. The third-order valence-electron chi connectivity index (χ3n) is 6.55. The van der Waals surface area contributed by atoms with E-state index in [1.54, 1.807) is 6.21 Å². The van der Waals surface area contributed by atoms with Gasteiger partial charge in [-0.15, -0.1) is 0 Å². The number of nitrogens with zero attached hydrogens (tertiary/aromatic N) is 3. The van der Waals surface area contributed by atoms with Crippen molar-refractivity contribution < 1.29 is 14.6 Å². The van der Waals surface area contributed by atoms with Gasteiger partial charge in [0.15, 0.2) is 11.4 Å². The molecule has 35 heavy (non-hydrogen) atoms. The number of aliphatic imine (C=N–C) groups is 1. The van der Waals surface area contributed by atoms with Crippen LogP contribution in [0, 0.1) is 13.8 Å². The number of carboxylic acid groups (broad SMARTS) is 1. The van der Waals surface area contributed by atoms with Gasteiger partial charge in [-0.05, 0) is 38.8 Å². The molecule has 4 rings (SSSR count). The Morgan fingerprint density at radius 2 is 1.66 bits per heavy atom. The third-order valence-corrected chi connectivity index (χ3v) is 6.55. The minimum atomic E-state index is -1.14. The van der Waals surface area contributed by atoms with Crippen molar-refractivity contribution in [2.24, 2.45) is 4.99 Å². The number of aliphatic carboxylic acids is 1. The van der Waals surface area contributed by atoms with Crippen molar-refractivity contribution in [1.29, 1.82) is 0 Å². The minimum absolute atomic E-state index is 0.429. The van der Waals surface area contributed by atoms with Gasteiger partial charge in [0.1, 0.15) is 12.1 Å². The van der Waals surface area contributed by atoms with E-state index in [4.69, 9.17) is 14.7 Å². The molecule has 0 bridgehead atoms. The van der Waals surface area contributed by atoms with E-state index in [0.717, 1.165) is 34.4 Å². The normalized spacial score (nSPS) is 18.5. The lowest BCUT2D eigenvalue weighted by atomic mass is 9.77. The molecule has 1 N–H and O–H groups in total. The molecule has 0 aliphatic carbocycles. The van der Waals surface area contributed by atoms with Gasteiger partial charge in [0.25, 0.3) is 0 Å². The van der Waals surface area contributed by atoms with E-state index >= 15 is 0 Å². The fourth-order valence-corrected chi connectivity index (χ4v) is 4.57. The average molecular weight is 470 g/mol. The molecule has 2 heterocycles. The van der Waals surface area contributed by atoms with Crippen molar-refractivity contribution in [1.82, 2.24) is 9.97 Å². The van der Waals surface area contributed by atoms with Crippen LogP contribution in [0.4, 0.5) is 0 Å². The number of rotatable bonds is 9. The van der Waals surface area contributed by atoms with Crippen LogP contribution in [0.5, 0.6) is 0 Å². The molecule has 0 spiro atoms. The smallest absolute Gasteiger partial charge is 0.329 e. The lowest BCUT2D eigenvalue weighted by Crippen LogP contribution is -2.50. The van der Waals surface area contributed by atoms with Gasteiger partial charge in [-0.1, -0.05) is 79.1 Å². The molecule has 2 atom stereocenters. The molecule has 6 heteroatoms. The molecule has 1 aliphatic rings. The first kappa shape index (κ1) is 24.5. The topological polar surface area (TPSA) is 84.7 Å². The third kappa shape index (κ3) is 4.80. The first-order valence-electron chi connectivity index (χ1n) is 11.9. The van der Waals surface area contributed by atoms with E-state index in [1.807, 2.05) is 51.3 Å². The molecule has 0 saturated carbocycles. The molecule has 1 aromatic heterocycles. The summed E-state index contributed by atoms with van der Waals surface area (Å²) in [5.74, 6) is -0.617. The van der Waals surface area contributed by atoms with Crippen molar-refractivity contribution in [2.45, 2.75) is 51.7 Å². The van der Waals surface area contributed by atoms with Gasteiger partial charge in [-0.3, -0.25) is 4.99 Å². The standard InChI is InChI=1S/C29H31N3O3/c1-5-15-29(35-19-25(33)34,28(4)16-6-17-31-28)27-30-18-24(22-11-7-20(2)8-12-22)26(32-27)23-13-9-21(3)10-14-23/h6-14,16-18H,5,15,19H2,1-4H3,(H,33,34). The quantitative estimate of drug-likeness (QED) is 0.420. The van der Waals surface area contributed by atoms with Gasteiger partial charge in [-0.25, -0.2) is 14.8 Å². The fourth-order valence-electron chi connectivity index (χ4n) is 4.57. The van der Waals surface area contributed by atoms with E-state index in [1.165, 1.54) is 5.56 Å². The molecule has 2 unspecified atom stereocenters. The summed E-state index contributed by atoms with van der Waals surface area (Å²) in [7, 11) is 0. The summed E-state index contributed by atoms with van der Waals surface area (Å²) in [5, 5.41) is 9.47. The van der Waals surface area contributed by atoms with E-state index < -0.39 is 23.7 Å². The highest BCUT2D eigenvalue weighted by atomic mass is 16.5. The number of hydrogen-bond donors (Lipinski definition) is 1. The Kier molecular flexibility index (Phi) is 6.94. The molecule has 1 aliphatic heterocycles. The second-order valence-corrected chi connectivity index (χ2v) is 9.23. The van der Waals surface area contributed by atoms with Crippen LogP contribution in [0.25, 0.3) is 22.4 Å². The Labute approximate surface area is 206 Å². The van der Waals surface area contributed by atoms with Crippen molar-refractivity contribution in [2.75, 3.05) is 6.61 Å². The number of hydrogen-bond acceptors (Lipinski definition) is 5. The number of carboxylic acids is 1. The maximum atomic E-state index is 11.6. The summed E-state index contributed by atoms with van der Waals surface area (Å²) < 4.78 is 6.19. The molecule has 6 nitrogen and oxygen atoms in total. The van der Waals surface area contributed by atoms with Gasteiger partial charge in [0.05, 0.1) is 5.69 Å². The summed E-state index contributed by atoms with van der Waals surface area (Å²) in [6, 6.07) is 16.5. The zero-order valence-corrected chi connectivity index (χ0v) is 20.7. The summed E-state index contributed by atoms with van der Waals surface area (Å²) in [6.45, 7) is 7.61. The number of ether oxygens (including phenoxy) is 1. The van der Waals surface area contributed by atoms with Crippen LogP contribution in [0.1, 0.15) is 43.6 Å². The highest BCUT2D eigenvalue weighted by Crippen LogP contribution is 2.45. The summed E-state index contributed by atoms with van der Waals surface area (Å²) in [4.78, 5) is 26.1. The van der Waals surface area contributed by atoms with Gasteiger partial charge < -0.3 is 9.84 Å². The van der Waals surface area contributed by atoms with E-state index in [0.29, 0.717) is 12.2 Å². The Morgan fingerprint density at radius 3 is 2.20 bits per heavy atom. The van der Waals surface area contributed by atoms with Crippen LogP contribution in [-0.4, -0.2) is 39.4 Å². The average Bonchev–Trinajstić information content (AvgIpc) is 3.30. The van der Waals surface area contributed by atoms with E-state index in [-0.39, 0.29) is 0 Å². The molecule has 2 aromatic carbocycles. The second-order valence-electron chi connectivity index (χ2n) is 9.23. The maximum Gasteiger partial charge on any atom is 0.329 e.